The van der Waals surface area contributed by atoms with Crippen molar-refractivity contribution in [2.24, 2.45) is 5.73 Å². The fraction of sp³-hybridized carbons (Fsp3) is 0.500. The topological polar surface area (TPSA) is 122 Å². The lowest BCUT2D eigenvalue weighted by Gasteiger charge is -2.32. The first-order valence-corrected chi connectivity index (χ1v) is 9.23. The summed E-state index contributed by atoms with van der Waals surface area (Å²) in [6.07, 6.45) is 0.899. The largest absolute Gasteiger partial charge is 0.490 e. The second kappa shape index (κ2) is 8.13. The molecule has 0 bridgehead atoms. The second-order valence-corrected chi connectivity index (χ2v) is 7.57. The third kappa shape index (κ3) is 5.05. The Morgan fingerprint density at radius 2 is 1.96 bits per heavy atom. The molecule has 1 atom stereocenters. The van der Waals surface area contributed by atoms with Crippen LogP contribution in [-0.4, -0.2) is 55.6 Å². The van der Waals surface area contributed by atoms with Gasteiger partial charge in [0.25, 0.3) is 10.2 Å². The van der Waals surface area contributed by atoms with Crippen LogP contribution in [0.4, 0.5) is 0 Å². The summed E-state index contributed by atoms with van der Waals surface area (Å²) in [7, 11) is -3.89. The fourth-order valence-corrected chi connectivity index (χ4v) is 3.85. The minimum absolute atomic E-state index is 0.109. The molecule has 8 nitrogen and oxygen atoms in total. The highest BCUT2D eigenvalue weighted by Gasteiger charge is 2.31. The summed E-state index contributed by atoms with van der Waals surface area (Å²) < 4.78 is 33.5. The standard InChI is InChI=1S/C14H20ClN3O5S/c15-10-1-3-11(4-2-10)23-12-5-7-18(8-6-12)24(21,22)17-13(9-19)14(16)20/h1-4,12-13,17,19H,5-9H2,(H2,16,20)/t13-/m1/s1. The molecule has 1 aliphatic heterocycles. The minimum Gasteiger partial charge on any atom is -0.490 e. The SMILES string of the molecule is NC(=O)[C@@H](CO)NS(=O)(=O)N1CCC(Oc2ccc(Cl)cc2)CC1. The normalized spacial score (nSPS) is 18.2. The third-order valence-electron chi connectivity index (χ3n) is 3.67. The molecule has 0 aliphatic carbocycles. The van der Waals surface area contributed by atoms with Gasteiger partial charge in [0.1, 0.15) is 17.9 Å². The van der Waals surface area contributed by atoms with Gasteiger partial charge < -0.3 is 15.6 Å². The van der Waals surface area contributed by atoms with Gasteiger partial charge in [-0.3, -0.25) is 4.79 Å². The Bertz CT molecular complexity index is 659. The van der Waals surface area contributed by atoms with Crippen molar-refractivity contribution in [3.63, 3.8) is 0 Å². The van der Waals surface area contributed by atoms with Crippen LogP contribution in [-0.2, 0) is 15.0 Å². The molecule has 4 N–H and O–H groups in total. The molecule has 1 fully saturated rings. The Kier molecular flexibility index (Phi) is 6.41. The Hall–Kier alpha value is -1.39. The summed E-state index contributed by atoms with van der Waals surface area (Å²) in [5.74, 6) is -0.255. The summed E-state index contributed by atoms with van der Waals surface area (Å²) in [4.78, 5) is 11.1. The number of halogens is 1. The van der Waals surface area contributed by atoms with Crippen molar-refractivity contribution in [3.8, 4) is 5.75 Å². The summed E-state index contributed by atoms with van der Waals surface area (Å²) in [5.41, 5.74) is 5.03. The number of carbonyl (C=O) groups excluding carboxylic acids is 1. The van der Waals surface area contributed by atoms with E-state index in [4.69, 9.17) is 27.2 Å². The van der Waals surface area contributed by atoms with Crippen molar-refractivity contribution in [3.05, 3.63) is 29.3 Å². The molecule has 0 saturated carbocycles. The van der Waals surface area contributed by atoms with Crippen molar-refractivity contribution >= 4 is 27.7 Å². The zero-order chi connectivity index (χ0) is 17.7. The van der Waals surface area contributed by atoms with Gasteiger partial charge in [-0.15, -0.1) is 0 Å². The number of hydrogen-bond acceptors (Lipinski definition) is 5. The lowest BCUT2D eigenvalue weighted by Crippen LogP contribution is -2.54. The van der Waals surface area contributed by atoms with Crippen molar-refractivity contribution in [1.82, 2.24) is 9.03 Å². The molecular formula is C14H20ClN3O5S. The minimum atomic E-state index is -3.89. The maximum absolute atomic E-state index is 12.2. The number of piperidine rings is 1. The first-order valence-electron chi connectivity index (χ1n) is 7.41. The first-order chi connectivity index (χ1) is 11.3. The van der Waals surface area contributed by atoms with E-state index >= 15 is 0 Å². The van der Waals surface area contributed by atoms with E-state index in [0.29, 0.717) is 23.6 Å². The van der Waals surface area contributed by atoms with E-state index in [0.717, 1.165) is 0 Å². The van der Waals surface area contributed by atoms with E-state index in [1.54, 1.807) is 24.3 Å². The zero-order valence-electron chi connectivity index (χ0n) is 12.9. The quantitative estimate of drug-likeness (QED) is 0.610. The van der Waals surface area contributed by atoms with Gasteiger partial charge in [0, 0.05) is 18.1 Å². The Morgan fingerprint density at radius 1 is 1.38 bits per heavy atom. The van der Waals surface area contributed by atoms with Crippen LogP contribution < -0.4 is 15.2 Å². The highest BCUT2D eigenvalue weighted by Crippen LogP contribution is 2.22. The van der Waals surface area contributed by atoms with E-state index < -0.39 is 28.8 Å². The van der Waals surface area contributed by atoms with E-state index in [-0.39, 0.29) is 19.2 Å². The van der Waals surface area contributed by atoms with Crippen LogP contribution >= 0.6 is 11.6 Å². The average Bonchev–Trinajstić information content (AvgIpc) is 2.55. The molecule has 1 aromatic rings. The van der Waals surface area contributed by atoms with Crippen LogP contribution in [0.25, 0.3) is 0 Å². The Balaban J connectivity index is 1.89. The molecule has 134 valence electrons. The average molecular weight is 378 g/mol. The number of nitrogens with one attached hydrogen (secondary N) is 1. The predicted molar refractivity (Wildman–Crippen MR) is 88.8 cm³/mol. The number of nitrogens with zero attached hydrogens (tertiary/aromatic N) is 1. The number of aliphatic hydroxyl groups excluding tert-OH is 1. The van der Waals surface area contributed by atoms with Gasteiger partial charge in [0.15, 0.2) is 0 Å². The lowest BCUT2D eigenvalue weighted by atomic mass is 10.1. The van der Waals surface area contributed by atoms with Crippen molar-refractivity contribution in [2.75, 3.05) is 19.7 Å². The van der Waals surface area contributed by atoms with E-state index in [1.807, 2.05) is 0 Å². The molecule has 0 radical (unpaired) electrons. The summed E-state index contributed by atoms with van der Waals surface area (Å²) in [6.45, 7) is -0.209. The van der Waals surface area contributed by atoms with E-state index in [2.05, 4.69) is 4.72 Å². The molecule has 1 aromatic carbocycles. The third-order valence-corrected chi connectivity index (χ3v) is 5.55. The van der Waals surface area contributed by atoms with Crippen LogP contribution in [0.5, 0.6) is 5.75 Å². The van der Waals surface area contributed by atoms with E-state index in [1.165, 1.54) is 4.31 Å². The number of hydrogen-bond donors (Lipinski definition) is 3. The number of amides is 1. The number of nitrogens with two attached hydrogens (primary N) is 1. The molecule has 0 unspecified atom stereocenters. The highest BCUT2D eigenvalue weighted by atomic mass is 35.5. The smallest absolute Gasteiger partial charge is 0.280 e. The number of aliphatic hydroxyl groups is 1. The molecule has 1 saturated heterocycles. The molecule has 0 aromatic heterocycles. The van der Waals surface area contributed by atoms with Gasteiger partial charge >= 0.3 is 0 Å². The van der Waals surface area contributed by atoms with Crippen LogP contribution in [0.3, 0.4) is 0 Å². The summed E-state index contributed by atoms with van der Waals surface area (Å²) in [6, 6.07) is 5.62. The van der Waals surface area contributed by atoms with Crippen molar-refractivity contribution in [2.45, 2.75) is 25.0 Å². The molecule has 0 spiro atoms. The van der Waals surface area contributed by atoms with Crippen LogP contribution in [0, 0.1) is 0 Å². The maximum Gasteiger partial charge on any atom is 0.280 e. The van der Waals surface area contributed by atoms with Gasteiger partial charge in [-0.25, -0.2) is 0 Å². The van der Waals surface area contributed by atoms with Gasteiger partial charge in [0.2, 0.25) is 5.91 Å². The lowest BCUT2D eigenvalue weighted by molar-refractivity contribution is -0.120. The molecule has 1 amide bonds. The fourth-order valence-electron chi connectivity index (χ4n) is 2.34. The zero-order valence-corrected chi connectivity index (χ0v) is 14.5. The van der Waals surface area contributed by atoms with Gasteiger partial charge in [0.05, 0.1) is 6.61 Å². The predicted octanol–water partition coefficient (Wildman–Crippen LogP) is -0.136. The second-order valence-electron chi connectivity index (χ2n) is 5.43. The molecule has 10 heteroatoms. The van der Waals surface area contributed by atoms with Crippen LogP contribution in [0.2, 0.25) is 5.02 Å². The monoisotopic (exact) mass is 377 g/mol. The number of primary amides is 1. The maximum atomic E-state index is 12.2. The number of benzene rings is 1. The van der Waals surface area contributed by atoms with Crippen molar-refractivity contribution < 1.29 is 23.1 Å². The van der Waals surface area contributed by atoms with Gasteiger partial charge in [-0.1, -0.05) is 11.6 Å². The number of ether oxygens (including phenoxy) is 1. The Morgan fingerprint density at radius 3 is 2.46 bits per heavy atom. The summed E-state index contributed by atoms with van der Waals surface area (Å²) >= 11 is 5.81. The van der Waals surface area contributed by atoms with Crippen LogP contribution in [0.1, 0.15) is 12.8 Å². The van der Waals surface area contributed by atoms with Crippen molar-refractivity contribution in [1.29, 1.82) is 0 Å². The van der Waals surface area contributed by atoms with E-state index in [9.17, 15) is 13.2 Å². The molecule has 2 rings (SSSR count). The number of rotatable bonds is 7. The van der Waals surface area contributed by atoms with Gasteiger partial charge in [-0.05, 0) is 37.1 Å². The number of carbonyl (C=O) groups is 1. The highest BCUT2D eigenvalue weighted by molar-refractivity contribution is 7.87. The molecule has 1 heterocycles. The molecular weight excluding hydrogens is 358 g/mol. The van der Waals surface area contributed by atoms with Gasteiger partial charge in [-0.2, -0.15) is 17.4 Å². The summed E-state index contributed by atoms with van der Waals surface area (Å²) in [5, 5.41) is 9.62. The van der Waals surface area contributed by atoms with Crippen LogP contribution in [0.15, 0.2) is 24.3 Å². The molecule has 1 aliphatic rings. The Labute approximate surface area is 145 Å². The molecule has 24 heavy (non-hydrogen) atoms. The first kappa shape index (κ1) is 18.9.